The smallest absolute Gasteiger partial charge is 0.270 e. The molecule has 1 N–H and O–H groups in total. The van der Waals surface area contributed by atoms with Crippen LogP contribution in [0, 0.1) is 0 Å². The fraction of sp³-hybridized carbons (Fsp3) is 0.136. The maximum atomic E-state index is 12.3. The molecule has 4 rings (SSSR count). The number of hydrogen-bond donors (Lipinski definition) is 1. The quantitative estimate of drug-likeness (QED) is 0.539. The molecule has 0 aliphatic heterocycles. The molecule has 28 heavy (non-hydrogen) atoms. The Balaban J connectivity index is 1.32. The van der Waals surface area contributed by atoms with Crippen LogP contribution >= 0.6 is 11.3 Å². The van der Waals surface area contributed by atoms with Crippen LogP contribution < -0.4 is 5.32 Å². The van der Waals surface area contributed by atoms with Crippen molar-refractivity contribution in [1.29, 1.82) is 0 Å². The summed E-state index contributed by atoms with van der Waals surface area (Å²) in [5, 5.41) is 9.82. The number of aryl methyl sites for hydroxylation is 1. The minimum absolute atomic E-state index is 0.134. The van der Waals surface area contributed by atoms with E-state index in [1.165, 1.54) is 16.9 Å². The van der Waals surface area contributed by atoms with Gasteiger partial charge in [-0.05, 0) is 23.6 Å². The maximum Gasteiger partial charge on any atom is 0.270 e. The normalized spacial score (nSPS) is 10.8. The highest BCUT2D eigenvalue weighted by molar-refractivity contribution is 7.13. The highest BCUT2D eigenvalue weighted by atomic mass is 32.1. The topological polar surface area (TPSA) is 59.8 Å². The summed E-state index contributed by atoms with van der Waals surface area (Å²) in [5.74, 6) is -0.134. The van der Waals surface area contributed by atoms with Crippen LogP contribution in [0.3, 0.4) is 0 Å². The number of rotatable bonds is 6. The molecule has 0 atom stereocenters. The predicted molar refractivity (Wildman–Crippen MR) is 112 cm³/mol. The van der Waals surface area contributed by atoms with Gasteiger partial charge in [0.25, 0.3) is 5.91 Å². The standard InChI is InChI=1S/C22H20N4OS/c1-26-20(12-14-24-26)17-9-7-16(8-10-17)11-13-23-21(27)19-15-28-22(25-19)18-5-3-2-4-6-18/h2-10,12,14-15H,11,13H2,1H3,(H,23,27). The van der Waals surface area contributed by atoms with Gasteiger partial charge in [-0.3, -0.25) is 9.48 Å². The fourth-order valence-electron chi connectivity index (χ4n) is 3.00. The third-order valence-corrected chi connectivity index (χ3v) is 5.42. The number of thiazole rings is 1. The van der Waals surface area contributed by atoms with Gasteiger partial charge >= 0.3 is 0 Å². The van der Waals surface area contributed by atoms with Crippen molar-refractivity contribution in [1.82, 2.24) is 20.1 Å². The van der Waals surface area contributed by atoms with Crippen LogP contribution in [0.2, 0.25) is 0 Å². The van der Waals surface area contributed by atoms with E-state index in [4.69, 9.17) is 0 Å². The van der Waals surface area contributed by atoms with Crippen LogP contribution in [0.1, 0.15) is 16.1 Å². The SMILES string of the molecule is Cn1nccc1-c1ccc(CCNC(=O)c2csc(-c3ccccc3)n2)cc1. The molecular formula is C22H20N4OS. The number of nitrogens with one attached hydrogen (secondary N) is 1. The van der Waals surface area contributed by atoms with Crippen molar-refractivity contribution >= 4 is 17.2 Å². The Morgan fingerprint density at radius 3 is 2.54 bits per heavy atom. The van der Waals surface area contributed by atoms with E-state index in [0.717, 1.165) is 28.2 Å². The van der Waals surface area contributed by atoms with Crippen LogP contribution in [-0.2, 0) is 13.5 Å². The molecule has 0 spiro atoms. The van der Waals surface area contributed by atoms with E-state index in [9.17, 15) is 4.79 Å². The van der Waals surface area contributed by atoms with E-state index in [-0.39, 0.29) is 5.91 Å². The molecule has 0 unspecified atom stereocenters. The highest BCUT2D eigenvalue weighted by Crippen LogP contribution is 2.23. The minimum Gasteiger partial charge on any atom is -0.350 e. The number of benzene rings is 2. The molecule has 0 bridgehead atoms. The Hall–Kier alpha value is -3.25. The third kappa shape index (κ3) is 4.02. The van der Waals surface area contributed by atoms with E-state index < -0.39 is 0 Å². The third-order valence-electron chi connectivity index (χ3n) is 4.53. The lowest BCUT2D eigenvalue weighted by atomic mass is 10.1. The van der Waals surface area contributed by atoms with E-state index >= 15 is 0 Å². The lowest BCUT2D eigenvalue weighted by Crippen LogP contribution is -2.25. The number of nitrogens with zero attached hydrogens (tertiary/aromatic N) is 3. The predicted octanol–water partition coefficient (Wildman–Crippen LogP) is 4.18. The van der Waals surface area contributed by atoms with Crippen molar-refractivity contribution < 1.29 is 4.79 Å². The first-order chi connectivity index (χ1) is 13.7. The summed E-state index contributed by atoms with van der Waals surface area (Å²) in [6.45, 7) is 0.572. The second-order valence-corrected chi connectivity index (χ2v) is 7.30. The summed E-state index contributed by atoms with van der Waals surface area (Å²) in [4.78, 5) is 16.8. The van der Waals surface area contributed by atoms with Crippen LogP contribution in [0.4, 0.5) is 0 Å². The van der Waals surface area contributed by atoms with Crippen LogP contribution in [0.5, 0.6) is 0 Å². The van der Waals surface area contributed by atoms with Gasteiger partial charge in [0.05, 0.1) is 5.69 Å². The van der Waals surface area contributed by atoms with Crippen molar-refractivity contribution in [2.45, 2.75) is 6.42 Å². The number of amides is 1. The first kappa shape index (κ1) is 18.1. The largest absolute Gasteiger partial charge is 0.350 e. The molecule has 0 saturated carbocycles. The molecule has 0 fully saturated rings. The second-order valence-electron chi connectivity index (χ2n) is 6.45. The van der Waals surface area contributed by atoms with Crippen molar-refractivity contribution in [2.75, 3.05) is 6.54 Å². The average molecular weight is 388 g/mol. The number of carbonyl (C=O) groups excluding carboxylic acids is 1. The van der Waals surface area contributed by atoms with E-state index in [0.29, 0.717) is 12.2 Å². The Morgan fingerprint density at radius 1 is 1.04 bits per heavy atom. The molecule has 0 saturated heterocycles. The highest BCUT2D eigenvalue weighted by Gasteiger charge is 2.11. The summed E-state index contributed by atoms with van der Waals surface area (Å²) in [5.41, 5.74) is 4.88. The monoisotopic (exact) mass is 388 g/mol. The van der Waals surface area contributed by atoms with Gasteiger partial charge in [-0.2, -0.15) is 5.10 Å². The fourth-order valence-corrected chi connectivity index (χ4v) is 3.81. The van der Waals surface area contributed by atoms with E-state index in [1.807, 2.05) is 48.1 Å². The Morgan fingerprint density at radius 2 is 1.82 bits per heavy atom. The molecule has 1 amide bonds. The Bertz CT molecular complexity index is 1070. The molecule has 140 valence electrons. The molecule has 5 nitrogen and oxygen atoms in total. The molecule has 2 aromatic carbocycles. The first-order valence-corrected chi connectivity index (χ1v) is 9.95. The van der Waals surface area contributed by atoms with E-state index in [1.54, 1.807) is 11.6 Å². The first-order valence-electron chi connectivity index (χ1n) is 9.07. The zero-order valence-electron chi connectivity index (χ0n) is 15.5. The van der Waals surface area contributed by atoms with Gasteiger partial charge in [-0.1, -0.05) is 54.6 Å². The van der Waals surface area contributed by atoms with Gasteiger partial charge in [-0.15, -0.1) is 11.3 Å². The van der Waals surface area contributed by atoms with Gasteiger partial charge in [0.2, 0.25) is 0 Å². The van der Waals surface area contributed by atoms with Crippen molar-refractivity contribution in [3.05, 3.63) is 83.5 Å². The van der Waals surface area contributed by atoms with Crippen LogP contribution in [0.15, 0.2) is 72.2 Å². The van der Waals surface area contributed by atoms with Gasteiger partial charge in [0.1, 0.15) is 10.7 Å². The molecule has 2 aromatic heterocycles. The zero-order chi connectivity index (χ0) is 19.3. The molecule has 0 aliphatic rings. The Kier molecular flexibility index (Phi) is 5.30. The zero-order valence-corrected chi connectivity index (χ0v) is 16.3. The van der Waals surface area contributed by atoms with Crippen molar-refractivity contribution in [3.63, 3.8) is 0 Å². The summed E-state index contributed by atoms with van der Waals surface area (Å²) >= 11 is 1.48. The minimum atomic E-state index is -0.134. The molecule has 0 radical (unpaired) electrons. The molecular weight excluding hydrogens is 368 g/mol. The Labute approximate surface area is 167 Å². The van der Waals surface area contributed by atoms with Gasteiger partial charge < -0.3 is 5.32 Å². The summed E-state index contributed by atoms with van der Waals surface area (Å²) in [6, 6.07) is 20.2. The van der Waals surface area contributed by atoms with Crippen LogP contribution in [-0.4, -0.2) is 27.2 Å². The molecule has 0 aliphatic carbocycles. The van der Waals surface area contributed by atoms with E-state index in [2.05, 4.69) is 39.7 Å². The molecule has 2 heterocycles. The van der Waals surface area contributed by atoms with Crippen LogP contribution in [0.25, 0.3) is 21.8 Å². The summed E-state index contributed by atoms with van der Waals surface area (Å²) < 4.78 is 1.85. The summed E-state index contributed by atoms with van der Waals surface area (Å²) in [7, 11) is 1.93. The lowest BCUT2D eigenvalue weighted by Gasteiger charge is -2.06. The van der Waals surface area contributed by atoms with Gasteiger partial charge in [0.15, 0.2) is 0 Å². The van der Waals surface area contributed by atoms with Gasteiger partial charge in [-0.25, -0.2) is 4.98 Å². The average Bonchev–Trinajstić information content (AvgIpc) is 3.39. The number of carbonyl (C=O) groups is 1. The molecule has 6 heteroatoms. The maximum absolute atomic E-state index is 12.3. The number of hydrogen-bond acceptors (Lipinski definition) is 4. The number of aromatic nitrogens is 3. The second kappa shape index (κ2) is 8.19. The van der Waals surface area contributed by atoms with Gasteiger partial charge in [0, 0.05) is 30.7 Å². The summed E-state index contributed by atoms with van der Waals surface area (Å²) in [6.07, 6.45) is 2.56. The van der Waals surface area contributed by atoms with Crippen molar-refractivity contribution in [2.24, 2.45) is 7.05 Å². The lowest BCUT2D eigenvalue weighted by molar-refractivity contribution is 0.0950. The molecule has 4 aromatic rings. The van der Waals surface area contributed by atoms with Crippen molar-refractivity contribution in [3.8, 4) is 21.8 Å².